The van der Waals surface area contributed by atoms with Crippen LogP contribution in [-0.4, -0.2) is 51.9 Å². The molecule has 2 amide bonds. The van der Waals surface area contributed by atoms with Crippen LogP contribution in [0.3, 0.4) is 0 Å². The van der Waals surface area contributed by atoms with Crippen LogP contribution < -0.4 is 5.32 Å². The number of carbonyl (C=O) groups excluding carboxylic acids is 2. The molecule has 1 N–H and O–H groups in total. The molecule has 0 atom stereocenters. The van der Waals surface area contributed by atoms with Crippen LogP contribution in [0.15, 0.2) is 24.5 Å². The quantitative estimate of drug-likeness (QED) is 0.861. The second-order valence-corrected chi connectivity index (χ2v) is 9.27. The minimum atomic E-state index is -0.0680. The topological polar surface area (TPSA) is 54.3 Å². The highest BCUT2D eigenvalue weighted by molar-refractivity contribution is 7.99. The van der Waals surface area contributed by atoms with Gasteiger partial charge in [-0.15, -0.1) is 0 Å². The summed E-state index contributed by atoms with van der Waals surface area (Å²) in [7, 11) is 0. The van der Waals surface area contributed by atoms with Gasteiger partial charge in [-0.3, -0.25) is 9.59 Å². The first-order valence-electron chi connectivity index (χ1n) is 9.96. The van der Waals surface area contributed by atoms with Gasteiger partial charge in [0.15, 0.2) is 0 Å². The van der Waals surface area contributed by atoms with E-state index in [0.717, 1.165) is 63.1 Å². The number of nitrogens with zero attached hydrogens (tertiary/aromatic N) is 2. The molecule has 2 saturated heterocycles. The summed E-state index contributed by atoms with van der Waals surface area (Å²) >= 11 is 1.98. The van der Waals surface area contributed by atoms with Crippen LogP contribution in [0.5, 0.6) is 0 Å². The fourth-order valence-corrected chi connectivity index (χ4v) is 5.59. The number of carbonyl (C=O) groups is 2. The van der Waals surface area contributed by atoms with Gasteiger partial charge in [-0.1, -0.05) is 0 Å². The molecular weight excluding hydrogens is 346 g/mol. The monoisotopic (exact) mass is 375 g/mol. The summed E-state index contributed by atoms with van der Waals surface area (Å²) in [4.78, 5) is 27.0. The Kier molecular flexibility index (Phi) is 5.30. The minimum Gasteiger partial charge on any atom is -0.353 e. The first-order valence-corrected chi connectivity index (χ1v) is 11.1. The lowest BCUT2D eigenvalue weighted by atomic mass is 9.87. The number of thioether (sulfide) groups is 1. The van der Waals surface area contributed by atoms with Crippen molar-refractivity contribution in [1.82, 2.24) is 14.8 Å². The predicted molar refractivity (Wildman–Crippen MR) is 104 cm³/mol. The normalized spacial score (nSPS) is 23.6. The fourth-order valence-electron chi connectivity index (χ4n) is 4.34. The number of nitrogens with one attached hydrogen (secondary N) is 1. The van der Waals surface area contributed by atoms with Crippen molar-refractivity contribution in [2.24, 2.45) is 5.92 Å². The van der Waals surface area contributed by atoms with Crippen LogP contribution in [0.4, 0.5) is 0 Å². The number of amides is 2. The molecule has 0 unspecified atom stereocenters. The molecule has 1 saturated carbocycles. The van der Waals surface area contributed by atoms with Crippen LogP contribution in [0, 0.1) is 5.92 Å². The maximum atomic E-state index is 12.8. The Morgan fingerprint density at radius 1 is 1.04 bits per heavy atom. The second kappa shape index (κ2) is 7.67. The van der Waals surface area contributed by atoms with Crippen molar-refractivity contribution < 1.29 is 9.59 Å². The maximum absolute atomic E-state index is 12.8. The van der Waals surface area contributed by atoms with Crippen LogP contribution in [0.2, 0.25) is 0 Å². The SMILES string of the molecule is O=C(CC1(n2cccc2)CCSCC1)NC1CCN(C(=O)C2CC2)CC1. The van der Waals surface area contributed by atoms with Gasteiger partial charge in [0.2, 0.25) is 11.8 Å². The van der Waals surface area contributed by atoms with Gasteiger partial charge in [-0.25, -0.2) is 0 Å². The minimum absolute atomic E-state index is 0.0680. The predicted octanol–water partition coefficient (Wildman–Crippen LogP) is 2.62. The Bertz CT molecular complexity index is 627. The fraction of sp³-hybridized carbons (Fsp3) is 0.700. The van der Waals surface area contributed by atoms with Crippen molar-refractivity contribution >= 4 is 23.6 Å². The molecule has 5 nitrogen and oxygen atoms in total. The van der Waals surface area contributed by atoms with E-state index in [2.05, 4.69) is 22.3 Å². The summed E-state index contributed by atoms with van der Waals surface area (Å²) in [6.07, 6.45) is 10.8. The lowest BCUT2D eigenvalue weighted by Gasteiger charge is -2.39. The van der Waals surface area contributed by atoms with Gasteiger partial charge in [0.05, 0.1) is 12.0 Å². The van der Waals surface area contributed by atoms with Gasteiger partial charge < -0.3 is 14.8 Å². The van der Waals surface area contributed by atoms with Crippen molar-refractivity contribution in [3.8, 4) is 0 Å². The first kappa shape index (κ1) is 18.0. The van der Waals surface area contributed by atoms with E-state index in [1.54, 1.807) is 0 Å². The standard InChI is InChI=1S/C20H29N3O2S/c24-18(15-20(7-13-26-14-8-20)23-9-1-2-10-23)21-17-5-11-22(12-6-17)19(25)16-3-4-16/h1-2,9-10,16-17H,3-8,11-15H2,(H,21,24). The van der Waals surface area contributed by atoms with E-state index in [9.17, 15) is 9.59 Å². The van der Waals surface area contributed by atoms with Gasteiger partial charge in [0.1, 0.15) is 0 Å². The number of hydrogen-bond donors (Lipinski definition) is 1. The smallest absolute Gasteiger partial charge is 0.225 e. The zero-order valence-electron chi connectivity index (χ0n) is 15.4. The van der Waals surface area contributed by atoms with E-state index in [1.165, 1.54) is 0 Å². The largest absolute Gasteiger partial charge is 0.353 e. The van der Waals surface area contributed by atoms with Crippen LogP contribution >= 0.6 is 11.8 Å². The van der Waals surface area contributed by atoms with Gasteiger partial charge in [0.25, 0.3) is 0 Å². The molecule has 1 aliphatic carbocycles. The number of piperidine rings is 1. The third-order valence-corrected chi connectivity index (χ3v) is 7.15. The van der Waals surface area contributed by atoms with E-state index in [0.29, 0.717) is 18.2 Å². The Morgan fingerprint density at radius 3 is 2.31 bits per heavy atom. The van der Waals surface area contributed by atoms with Crippen molar-refractivity contribution in [2.75, 3.05) is 24.6 Å². The molecule has 6 heteroatoms. The van der Waals surface area contributed by atoms with Crippen molar-refractivity contribution in [3.05, 3.63) is 24.5 Å². The molecule has 1 aromatic rings. The highest BCUT2D eigenvalue weighted by Crippen LogP contribution is 2.37. The van der Waals surface area contributed by atoms with Gasteiger partial charge in [-0.2, -0.15) is 11.8 Å². The molecule has 3 heterocycles. The number of rotatable bonds is 5. The molecular formula is C20H29N3O2S. The highest BCUT2D eigenvalue weighted by Gasteiger charge is 2.37. The molecule has 4 rings (SSSR count). The highest BCUT2D eigenvalue weighted by atomic mass is 32.2. The van der Waals surface area contributed by atoms with E-state index < -0.39 is 0 Å². The van der Waals surface area contributed by atoms with Crippen LogP contribution in [0.25, 0.3) is 0 Å². The van der Waals surface area contributed by atoms with Gasteiger partial charge in [0, 0.05) is 37.4 Å². The molecule has 0 radical (unpaired) electrons. The lowest BCUT2D eigenvalue weighted by molar-refractivity contribution is -0.133. The van der Waals surface area contributed by atoms with Crippen LogP contribution in [0.1, 0.15) is 44.9 Å². The molecule has 0 aromatic carbocycles. The van der Waals surface area contributed by atoms with Gasteiger partial charge >= 0.3 is 0 Å². The average molecular weight is 376 g/mol. The Balaban J connectivity index is 1.31. The summed E-state index contributed by atoms with van der Waals surface area (Å²) in [5.41, 5.74) is -0.0680. The number of hydrogen-bond acceptors (Lipinski definition) is 3. The summed E-state index contributed by atoms with van der Waals surface area (Å²) < 4.78 is 2.25. The molecule has 1 aromatic heterocycles. The van der Waals surface area contributed by atoms with E-state index in [4.69, 9.17) is 0 Å². The Labute approximate surface area is 159 Å². The Hall–Kier alpha value is -1.43. The van der Waals surface area contributed by atoms with Gasteiger partial charge in [-0.05, 0) is 62.2 Å². The van der Waals surface area contributed by atoms with Crippen LogP contribution in [-0.2, 0) is 15.1 Å². The molecule has 0 bridgehead atoms. The molecule has 142 valence electrons. The average Bonchev–Trinajstić information content (AvgIpc) is 3.35. The summed E-state index contributed by atoms with van der Waals surface area (Å²) in [5, 5.41) is 3.26. The lowest BCUT2D eigenvalue weighted by Crippen LogP contribution is -2.49. The first-order chi connectivity index (χ1) is 12.7. The van der Waals surface area contributed by atoms with E-state index in [-0.39, 0.29) is 17.5 Å². The van der Waals surface area contributed by atoms with Crippen molar-refractivity contribution in [1.29, 1.82) is 0 Å². The van der Waals surface area contributed by atoms with E-state index in [1.807, 2.05) is 28.8 Å². The molecule has 26 heavy (non-hydrogen) atoms. The Morgan fingerprint density at radius 2 is 1.69 bits per heavy atom. The van der Waals surface area contributed by atoms with E-state index >= 15 is 0 Å². The maximum Gasteiger partial charge on any atom is 0.225 e. The zero-order chi connectivity index (χ0) is 18.0. The molecule has 3 fully saturated rings. The number of likely N-dealkylation sites (tertiary alicyclic amines) is 1. The van der Waals surface area contributed by atoms with Crippen molar-refractivity contribution in [3.63, 3.8) is 0 Å². The third kappa shape index (κ3) is 3.95. The summed E-state index contributed by atoms with van der Waals surface area (Å²) in [6, 6.07) is 4.31. The summed E-state index contributed by atoms with van der Waals surface area (Å²) in [5.74, 6) is 3.03. The molecule has 2 aliphatic heterocycles. The molecule has 0 spiro atoms. The zero-order valence-corrected chi connectivity index (χ0v) is 16.2. The molecule has 3 aliphatic rings. The summed E-state index contributed by atoms with van der Waals surface area (Å²) in [6.45, 7) is 1.58. The number of aromatic nitrogens is 1. The third-order valence-electron chi connectivity index (χ3n) is 6.16. The second-order valence-electron chi connectivity index (χ2n) is 8.05. The van der Waals surface area contributed by atoms with Crippen molar-refractivity contribution in [2.45, 2.75) is 56.5 Å².